The minimum Gasteiger partial charge on any atom is -0.465 e. The molecule has 0 unspecified atom stereocenters. The monoisotopic (exact) mass is 374 g/mol. The van der Waals surface area contributed by atoms with Gasteiger partial charge in [-0.3, -0.25) is 4.68 Å². The summed E-state index contributed by atoms with van der Waals surface area (Å²) in [5, 5.41) is 6.96. The highest BCUT2D eigenvalue weighted by Crippen LogP contribution is 2.27. The molecule has 0 saturated carbocycles. The highest BCUT2D eigenvalue weighted by molar-refractivity contribution is 5.94. The molecule has 0 atom stereocenters. The molecule has 146 valence electrons. The lowest BCUT2D eigenvalue weighted by Crippen LogP contribution is -2.34. The van der Waals surface area contributed by atoms with Crippen LogP contribution in [-0.2, 0) is 16.0 Å². The number of methoxy groups -OCH3 is 1. The molecule has 0 fully saturated rings. The number of benzene rings is 1. The Labute approximate surface area is 158 Å². The van der Waals surface area contributed by atoms with Crippen molar-refractivity contribution in [2.24, 2.45) is 0 Å². The Balaban J connectivity index is 2.06. The molecular weight excluding hydrogens is 348 g/mol. The first-order valence-corrected chi connectivity index (χ1v) is 8.59. The normalized spacial score (nSPS) is 11.1. The van der Waals surface area contributed by atoms with Gasteiger partial charge in [-0.05, 0) is 51.0 Å². The Morgan fingerprint density at radius 2 is 1.96 bits per heavy atom. The largest absolute Gasteiger partial charge is 0.465 e. The summed E-state index contributed by atoms with van der Waals surface area (Å²) in [5.41, 5.74) is 8.68. The number of rotatable bonds is 5. The molecule has 0 radical (unpaired) electrons. The standard InChI is InChI=1S/C19H26N4O4/c1-12-15(17(24)26-5)8-13(9-16(12)20)14-10-22-23(11-14)7-6-21-18(25)27-19(2,3)4/h8-11H,6-7,20H2,1-5H3,(H,21,25). The third kappa shape index (κ3) is 5.47. The van der Waals surface area contributed by atoms with Gasteiger partial charge in [-0.25, -0.2) is 9.59 Å². The van der Waals surface area contributed by atoms with E-state index in [4.69, 9.17) is 15.2 Å². The number of amides is 1. The molecule has 0 aliphatic heterocycles. The van der Waals surface area contributed by atoms with Crippen molar-refractivity contribution in [1.29, 1.82) is 0 Å². The van der Waals surface area contributed by atoms with Crippen molar-refractivity contribution in [3.8, 4) is 11.1 Å². The molecule has 8 heteroatoms. The van der Waals surface area contributed by atoms with Gasteiger partial charge in [-0.15, -0.1) is 0 Å². The summed E-state index contributed by atoms with van der Waals surface area (Å²) >= 11 is 0. The number of carbonyl (C=O) groups is 2. The first-order chi connectivity index (χ1) is 12.6. The molecule has 0 bridgehead atoms. The first-order valence-electron chi connectivity index (χ1n) is 8.59. The number of anilines is 1. The Hall–Kier alpha value is -3.03. The lowest BCUT2D eigenvalue weighted by Gasteiger charge is -2.19. The van der Waals surface area contributed by atoms with Gasteiger partial charge in [-0.2, -0.15) is 5.10 Å². The van der Waals surface area contributed by atoms with Gasteiger partial charge >= 0.3 is 12.1 Å². The van der Waals surface area contributed by atoms with E-state index in [0.717, 1.165) is 11.1 Å². The number of nitrogens with one attached hydrogen (secondary N) is 1. The van der Waals surface area contributed by atoms with Gasteiger partial charge in [0, 0.05) is 24.0 Å². The van der Waals surface area contributed by atoms with E-state index >= 15 is 0 Å². The number of carbonyl (C=O) groups excluding carboxylic acids is 2. The highest BCUT2D eigenvalue weighted by atomic mass is 16.6. The van der Waals surface area contributed by atoms with Gasteiger partial charge in [0.05, 0.1) is 25.4 Å². The van der Waals surface area contributed by atoms with Gasteiger partial charge in [0.25, 0.3) is 0 Å². The van der Waals surface area contributed by atoms with Crippen LogP contribution in [0.4, 0.5) is 10.5 Å². The lowest BCUT2D eigenvalue weighted by atomic mass is 10.00. The third-order valence-electron chi connectivity index (χ3n) is 3.83. The number of nitrogens with zero attached hydrogens (tertiary/aromatic N) is 2. The van der Waals surface area contributed by atoms with Crippen LogP contribution in [0.3, 0.4) is 0 Å². The van der Waals surface area contributed by atoms with E-state index in [-0.39, 0.29) is 0 Å². The Morgan fingerprint density at radius 3 is 2.59 bits per heavy atom. The Kier molecular flexibility index (Phi) is 6.09. The summed E-state index contributed by atoms with van der Waals surface area (Å²) in [6, 6.07) is 3.53. The molecule has 3 N–H and O–H groups in total. The van der Waals surface area contributed by atoms with Gasteiger partial charge in [0.1, 0.15) is 5.60 Å². The summed E-state index contributed by atoms with van der Waals surface area (Å²) in [7, 11) is 1.33. The number of aromatic nitrogens is 2. The van der Waals surface area contributed by atoms with Crippen LogP contribution < -0.4 is 11.1 Å². The molecule has 1 heterocycles. The summed E-state index contributed by atoms with van der Waals surface area (Å²) in [4.78, 5) is 23.6. The average Bonchev–Trinajstić information content (AvgIpc) is 3.03. The molecule has 1 aromatic carbocycles. The third-order valence-corrected chi connectivity index (χ3v) is 3.83. The second-order valence-corrected chi connectivity index (χ2v) is 7.15. The minimum absolute atomic E-state index is 0.374. The second kappa shape index (κ2) is 8.11. The zero-order valence-corrected chi connectivity index (χ0v) is 16.3. The SMILES string of the molecule is COC(=O)c1cc(-c2cnn(CCNC(=O)OC(C)(C)C)c2)cc(N)c1C. The maximum absolute atomic E-state index is 11.9. The number of hydrogen-bond donors (Lipinski definition) is 2. The number of alkyl carbamates (subject to hydrolysis) is 1. The number of ether oxygens (including phenoxy) is 2. The fourth-order valence-corrected chi connectivity index (χ4v) is 2.45. The van der Waals surface area contributed by atoms with Crippen LogP contribution in [0.1, 0.15) is 36.7 Å². The van der Waals surface area contributed by atoms with Crippen LogP contribution in [0.15, 0.2) is 24.5 Å². The molecule has 0 spiro atoms. The molecule has 0 saturated heterocycles. The van der Waals surface area contributed by atoms with Gasteiger partial charge in [0.15, 0.2) is 0 Å². The number of nitrogens with two attached hydrogens (primary N) is 1. The van der Waals surface area contributed by atoms with E-state index in [2.05, 4.69) is 10.4 Å². The van der Waals surface area contributed by atoms with Crippen molar-refractivity contribution < 1.29 is 19.1 Å². The van der Waals surface area contributed by atoms with Crippen LogP contribution in [-0.4, -0.2) is 41.1 Å². The summed E-state index contributed by atoms with van der Waals surface area (Å²) in [6.07, 6.45) is 3.03. The molecule has 1 amide bonds. The fraction of sp³-hybridized carbons (Fsp3) is 0.421. The lowest BCUT2D eigenvalue weighted by molar-refractivity contribution is 0.0524. The van der Waals surface area contributed by atoms with Gasteiger partial charge in [0.2, 0.25) is 0 Å². The molecule has 27 heavy (non-hydrogen) atoms. The van der Waals surface area contributed by atoms with Crippen molar-refractivity contribution >= 4 is 17.7 Å². The van der Waals surface area contributed by atoms with Crippen LogP contribution in [0.5, 0.6) is 0 Å². The van der Waals surface area contributed by atoms with E-state index in [1.165, 1.54) is 7.11 Å². The zero-order valence-electron chi connectivity index (χ0n) is 16.3. The topological polar surface area (TPSA) is 108 Å². The maximum atomic E-state index is 11.9. The Morgan fingerprint density at radius 1 is 1.26 bits per heavy atom. The number of esters is 1. The highest BCUT2D eigenvalue weighted by Gasteiger charge is 2.16. The number of hydrogen-bond acceptors (Lipinski definition) is 6. The van der Waals surface area contributed by atoms with Crippen molar-refractivity contribution in [3.05, 3.63) is 35.7 Å². The van der Waals surface area contributed by atoms with Crippen LogP contribution in [0.2, 0.25) is 0 Å². The van der Waals surface area contributed by atoms with E-state index in [0.29, 0.717) is 29.9 Å². The first kappa shape index (κ1) is 20.3. The van der Waals surface area contributed by atoms with E-state index in [1.807, 2.05) is 27.0 Å². The predicted molar refractivity (Wildman–Crippen MR) is 102 cm³/mol. The fourth-order valence-electron chi connectivity index (χ4n) is 2.45. The summed E-state index contributed by atoms with van der Waals surface area (Å²) in [6.45, 7) is 8.05. The smallest absolute Gasteiger partial charge is 0.407 e. The minimum atomic E-state index is -0.536. The molecule has 1 aromatic heterocycles. The summed E-state index contributed by atoms with van der Waals surface area (Å²) in [5.74, 6) is -0.435. The van der Waals surface area contributed by atoms with E-state index in [9.17, 15) is 9.59 Å². The van der Waals surface area contributed by atoms with Gasteiger partial charge < -0.3 is 20.5 Å². The van der Waals surface area contributed by atoms with Crippen molar-refractivity contribution in [2.75, 3.05) is 19.4 Å². The Bertz CT molecular complexity index is 837. The zero-order chi connectivity index (χ0) is 20.2. The summed E-state index contributed by atoms with van der Waals surface area (Å²) < 4.78 is 11.7. The van der Waals surface area contributed by atoms with Crippen LogP contribution in [0.25, 0.3) is 11.1 Å². The van der Waals surface area contributed by atoms with Crippen molar-refractivity contribution in [2.45, 2.75) is 39.8 Å². The molecule has 0 aliphatic rings. The predicted octanol–water partition coefficient (Wildman–Crippen LogP) is 2.75. The van der Waals surface area contributed by atoms with Crippen molar-refractivity contribution in [1.82, 2.24) is 15.1 Å². The second-order valence-electron chi connectivity index (χ2n) is 7.15. The average molecular weight is 374 g/mol. The molecule has 2 rings (SSSR count). The van der Waals surface area contributed by atoms with Crippen LogP contribution >= 0.6 is 0 Å². The molecular formula is C19H26N4O4. The number of nitrogen functional groups attached to an aromatic ring is 1. The van der Waals surface area contributed by atoms with Gasteiger partial charge in [-0.1, -0.05) is 0 Å². The van der Waals surface area contributed by atoms with Crippen LogP contribution in [0, 0.1) is 6.92 Å². The molecule has 2 aromatic rings. The molecule has 8 nitrogen and oxygen atoms in total. The van der Waals surface area contributed by atoms with E-state index < -0.39 is 17.7 Å². The quantitative estimate of drug-likeness (QED) is 0.615. The van der Waals surface area contributed by atoms with E-state index in [1.54, 1.807) is 29.9 Å². The molecule has 0 aliphatic carbocycles. The maximum Gasteiger partial charge on any atom is 0.407 e. The van der Waals surface area contributed by atoms with Crippen molar-refractivity contribution in [3.63, 3.8) is 0 Å².